The summed E-state index contributed by atoms with van der Waals surface area (Å²) in [6, 6.07) is 5.58. The highest BCUT2D eigenvalue weighted by Gasteiger charge is 2.30. The van der Waals surface area contributed by atoms with Crippen LogP contribution < -0.4 is 5.32 Å². The lowest BCUT2D eigenvalue weighted by Gasteiger charge is -2.30. The van der Waals surface area contributed by atoms with E-state index < -0.39 is 17.3 Å². The third-order valence-corrected chi connectivity index (χ3v) is 5.44. The van der Waals surface area contributed by atoms with Crippen molar-refractivity contribution in [1.82, 2.24) is 5.32 Å². The Balaban J connectivity index is 1.75. The largest absolute Gasteiger partial charge is 0.444 e. The molecule has 0 radical (unpaired) electrons. The molecule has 1 N–H and O–H groups in total. The van der Waals surface area contributed by atoms with E-state index in [0.717, 1.165) is 37.5 Å². The molecule has 3 nitrogen and oxygen atoms in total. The molecule has 1 aliphatic carbocycles. The zero-order chi connectivity index (χ0) is 19.4. The minimum Gasteiger partial charge on any atom is -0.444 e. The number of nitrogens with one attached hydrogen (secondary N) is 1. The second-order valence-electron chi connectivity index (χ2n) is 7.70. The topological polar surface area (TPSA) is 38.3 Å². The number of halogens is 3. The molecule has 0 spiro atoms. The average molecular weight is 389 g/mol. The number of benzene rings is 1. The van der Waals surface area contributed by atoms with Gasteiger partial charge in [0.25, 0.3) is 0 Å². The predicted octanol–water partition coefficient (Wildman–Crippen LogP) is 5.88. The van der Waals surface area contributed by atoms with Crippen LogP contribution in [0.15, 0.2) is 29.2 Å². The summed E-state index contributed by atoms with van der Waals surface area (Å²) in [5, 5.41) is 2.90. The molecule has 26 heavy (non-hydrogen) atoms. The second kappa shape index (κ2) is 8.55. The number of alkyl carbamates (subject to hydrolysis) is 1. The average Bonchev–Trinajstić information content (AvgIpc) is 2.52. The molecule has 7 heteroatoms. The Hall–Kier alpha value is -1.37. The fraction of sp³-hybridized carbons (Fsp3) is 0.632. The van der Waals surface area contributed by atoms with Gasteiger partial charge >= 0.3 is 12.3 Å². The van der Waals surface area contributed by atoms with Crippen LogP contribution in [-0.2, 0) is 10.9 Å². The molecule has 1 aliphatic rings. The molecule has 0 aliphatic heterocycles. The van der Waals surface area contributed by atoms with Crippen molar-refractivity contribution < 1.29 is 22.7 Å². The van der Waals surface area contributed by atoms with E-state index in [0.29, 0.717) is 10.8 Å². The van der Waals surface area contributed by atoms with E-state index in [9.17, 15) is 18.0 Å². The first kappa shape index (κ1) is 20.9. The summed E-state index contributed by atoms with van der Waals surface area (Å²) in [6.45, 7) is 5.48. The summed E-state index contributed by atoms with van der Waals surface area (Å²) in [7, 11) is 0. The van der Waals surface area contributed by atoms with Gasteiger partial charge in [-0.05, 0) is 70.6 Å². The van der Waals surface area contributed by atoms with Crippen molar-refractivity contribution in [3.63, 3.8) is 0 Å². The van der Waals surface area contributed by atoms with E-state index in [2.05, 4.69) is 5.32 Å². The molecule has 1 amide bonds. The number of alkyl halides is 3. The van der Waals surface area contributed by atoms with Crippen LogP contribution >= 0.6 is 11.8 Å². The highest BCUT2D eigenvalue weighted by atomic mass is 32.2. The normalized spacial score (nSPS) is 21.3. The molecule has 0 unspecified atom stereocenters. The van der Waals surface area contributed by atoms with Crippen LogP contribution in [0, 0.1) is 5.92 Å². The van der Waals surface area contributed by atoms with Crippen LogP contribution in [0.3, 0.4) is 0 Å². The first-order valence-corrected chi connectivity index (χ1v) is 9.81. The molecule has 1 aromatic rings. The zero-order valence-corrected chi connectivity index (χ0v) is 16.2. The first-order chi connectivity index (χ1) is 12.0. The van der Waals surface area contributed by atoms with Gasteiger partial charge in [0, 0.05) is 16.7 Å². The number of amides is 1. The highest BCUT2D eigenvalue weighted by molar-refractivity contribution is 7.99. The van der Waals surface area contributed by atoms with E-state index in [-0.39, 0.29) is 12.1 Å². The maximum Gasteiger partial charge on any atom is 0.416 e. The summed E-state index contributed by atoms with van der Waals surface area (Å²) in [4.78, 5) is 12.4. The third kappa shape index (κ3) is 7.09. The number of ether oxygens (including phenoxy) is 1. The van der Waals surface area contributed by atoms with Crippen molar-refractivity contribution in [1.29, 1.82) is 0 Å². The Kier molecular flexibility index (Phi) is 6.88. The van der Waals surface area contributed by atoms with Gasteiger partial charge in [0.1, 0.15) is 5.60 Å². The van der Waals surface area contributed by atoms with Crippen molar-refractivity contribution in [2.75, 3.05) is 5.75 Å². The summed E-state index contributed by atoms with van der Waals surface area (Å²) >= 11 is 1.47. The van der Waals surface area contributed by atoms with E-state index in [1.807, 2.05) is 20.8 Å². The van der Waals surface area contributed by atoms with Gasteiger partial charge in [-0.1, -0.05) is 6.07 Å². The van der Waals surface area contributed by atoms with Crippen molar-refractivity contribution in [3.8, 4) is 0 Å². The van der Waals surface area contributed by atoms with Crippen molar-refractivity contribution in [2.45, 2.75) is 69.2 Å². The monoisotopic (exact) mass is 389 g/mol. The zero-order valence-electron chi connectivity index (χ0n) is 15.4. The van der Waals surface area contributed by atoms with Crippen molar-refractivity contribution >= 4 is 17.9 Å². The molecule has 0 bridgehead atoms. The number of carbonyl (C=O) groups is 1. The van der Waals surface area contributed by atoms with Gasteiger partial charge in [0.2, 0.25) is 0 Å². The number of hydrogen-bond acceptors (Lipinski definition) is 3. The highest BCUT2D eigenvalue weighted by Crippen LogP contribution is 2.34. The predicted molar refractivity (Wildman–Crippen MR) is 97.3 cm³/mol. The molecule has 1 fully saturated rings. The van der Waals surface area contributed by atoms with Gasteiger partial charge in [0.15, 0.2) is 0 Å². The molecule has 0 aromatic heterocycles. The van der Waals surface area contributed by atoms with Crippen LogP contribution in [0.2, 0.25) is 0 Å². The SMILES string of the molecule is CC(C)(C)OC(=O)NC1CCC(CSc2cccc(C(F)(F)F)c2)CC1. The van der Waals surface area contributed by atoms with Gasteiger partial charge in [-0.15, -0.1) is 11.8 Å². The lowest BCUT2D eigenvalue weighted by Crippen LogP contribution is -2.41. The van der Waals surface area contributed by atoms with Gasteiger partial charge in [-0.25, -0.2) is 4.79 Å². The number of thioether (sulfide) groups is 1. The quantitative estimate of drug-likeness (QED) is 0.654. The lowest BCUT2D eigenvalue weighted by molar-refractivity contribution is -0.137. The number of carbonyl (C=O) groups excluding carboxylic acids is 1. The molecular formula is C19H26F3NO2S. The number of rotatable bonds is 4. The number of hydrogen-bond donors (Lipinski definition) is 1. The Morgan fingerprint density at radius 1 is 1.19 bits per heavy atom. The standard InChI is InChI=1S/C19H26F3NO2S/c1-18(2,3)25-17(24)23-15-9-7-13(8-10-15)12-26-16-6-4-5-14(11-16)19(20,21)22/h4-6,11,13,15H,7-10,12H2,1-3H3,(H,23,24). The Morgan fingerprint density at radius 3 is 2.42 bits per heavy atom. The van der Waals surface area contributed by atoms with Gasteiger partial charge in [-0.3, -0.25) is 0 Å². The summed E-state index contributed by atoms with van der Waals surface area (Å²) in [6.07, 6.45) is -1.06. The smallest absolute Gasteiger partial charge is 0.416 e. The van der Waals surface area contributed by atoms with E-state index in [1.54, 1.807) is 6.07 Å². The van der Waals surface area contributed by atoms with Gasteiger partial charge in [-0.2, -0.15) is 13.2 Å². The summed E-state index contributed by atoms with van der Waals surface area (Å²) < 4.78 is 43.5. The molecule has 2 rings (SSSR count). The summed E-state index contributed by atoms with van der Waals surface area (Å²) in [5.41, 5.74) is -1.11. The fourth-order valence-corrected chi connectivity index (χ4v) is 4.07. The van der Waals surface area contributed by atoms with E-state index >= 15 is 0 Å². The maximum atomic E-state index is 12.8. The molecule has 146 valence electrons. The first-order valence-electron chi connectivity index (χ1n) is 8.82. The lowest BCUT2D eigenvalue weighted by atomic mass is 9.87. The fourth-order valence-electron chi connectivity index (χ4n) is 2.92. The van der Waals surface area contributed by atoms with E-state index in [4.69, 9.17) is 4.74 Å². The third-order valence-electron chi connectivity index (χ3n) is 4.21. The molecule has 0 heterocycles. The van der Waals surface area contributed by atoms with Crippen LogP contribution in [0.25, 0.3) is 0 Å². The molecule has 1 aromatic carbocycles. The maximum absolute atomic E-state index is 12.8. The minimum absolute atomic E-state index is 0.111. The van der Waals surface area contributed by atoms with Crippen molar-refractivity contribution in [2.24, 2.45) is 5.92 Å². The molecule has 0 atom stereocenters. The second-order valence-corrected chi connectivity index (χ2v) is 8.79. The Bertz CT molecular complexity index is 606. The van der Waals surface area contributed by atoms with Gasteiger partial charge < -0.3 is 10.1 Å². The summed E-state index contributed by atoms with van der Waals surface area (Å²) in [5.74, 6) is 1.24. The molecule has 0 saturated heterocycles. The van der Waals surface area contributed by atoms with Crippen LogP contribution in [0.4, 0.5) is 18.0 Å². The van der Waals surface area contributed by atoms with Gasteiger partial charge in [0.05, 0.1) is 5.56 Å². The van der Waals surface area contributed by atoms with Crippen LogP contribution in [0.1, 0.15) is 52.0 Å². The minimum atomic E-state index is -4.30. The van der Waals surface area contributed by atoms with Crippen molar-refractivity contribution in [3.05, 3.63) is 29.8 Å². The van der Waals surface area contributed by atoms with E-state index in [1.165, 1.54) is 23.9 Å². The molecular weight excluding hydrogens is 363 g/mol. The van der Waals surface area contributed by atoms with Crippen LogP contribution in [-0.4, -0.2) is 23.5 Å². The molecule has 1 saturated carbocycles. The van der Waals surface area contributed by atoms with Crippen LogP contribution in [0.5, 0.6) is 0 Å². The Labute approximate surface area is 157 Å². The Morgan fingerprint density at radius 2 is 1.85 bits per heavy atom.